The van der Waals surface area contributed by atoms with Gasteiger partial charge in [0.25, 0.3) is 5.91 Å². The van der Waals surface area contributed by atoms with Gasteiger partial charge in [0.1, 0.15) is 12.3 Å². The Kier molecular flexibility index (Phi) is 6.18. The van der Waals surface area contributed by atoms with E-state index in [-0.39, 0.29) is 12.5 Å². The van der Waals surface area contributed by atoms with Gasteiger partial charge in [-0.05, 0) is 49.7 Å². The summed E-state index contributed by atoms with van der Waals surface area (Å²) >= 11 is 13.7. The maximum absolute atomic E-state index is 13.0. The number of ether oxygens (including phenoxy) is 1. The Morgan fingerprint density at radius 1 is 1.26 bits per heavy atom. The number of amides is 2. The van der Waals surface area contributed by atoms with Crippen molar-refractivity contribution >= 4 is 57.7 Å². The second-order valence-electron chi connectivity index (χ2n) is 7.05. The number of thiazole rings is 1. The Labute approximate surface area is 193 Å². The Hall–Kier alpha value is -2.61. The van der Waals surface area contributed by atoms with Crippen LogP contribution in [0.5, 0.6) is 5.75 Å². The summed E-state index contributed by atoms with van der Waals surface area (Å²) in [4.78, 5) is 31.8. The largest absolute Gasteiger partial charge is 0.478 e. The molecule has 9 heteroatoms. The first kappa shape index (κ1) is 21.6. The lowest BCUT2D eigenvalue weighted by Crippen LogP contribution is -2.48. The van der Waals surface area contributed by atoms with Crippen LogP contribution in [0.4, 0.5) is 11.4 Å². The molecule has 2 heterocycles. The summed E-state index contributed by atoms with van der Waals surface area (Å²) < 4.78 is 5.88. The molecule has 1 unspecified atom stereocenters. The third kappa shape index (κ3) is 4.54. The number of carbonyl (C=O) groups excluding carboxylic acids is 2. The maximum Gasteiger partial charge on any atom is 0.268 e. The quantitative estimate of drug-likeness (QED) is 0.523. The molecule has 1 aromatic heterocycles. The van der Waals surface area contributed by atoms with Crippen LogP contribution in [-0.4, -0.2) is 29.4 Å². The molecule has 6 nitrogen and oxygen atoms in total. The summed E-state index contributed by atoms with van der Waals surface area (Å²) in [5.74, 6) is -0.111. The van der Waals surface area contributed by atoms with Crippen molar-refractivity contribution in [1.82, 2.24) is 4.98 Å². The molecule has 1 aliphatic heterocycles. The van der Waals surface area contributed by atoms with Gasteiger partial charge in [0.2, 0.25) is 5.91 Å². The Morgan fingerprint density at radius 3 is 2.77 bits per heavy atom. The zero-order chi connectivity index (χ0) is 22.1. The fourth-order valence-electron chi connectivity index (χ4n) is 3.33. The predicted molar refractivity (Wildman–Crippen MR) is 124 cm³/mol. The third-order valence-electron chi connectivity index (χ3n) is 4.85. The SMILES string of the molecule is CCC1Oc2ccc(-c3csc(C)n3)cc2N(CC(=O)Nc2cc(Cl)ccc2Cl)C1=O. The first-order valence-corrected chi connectivity index (χ1v) is 11.3. The molecule has 2 amide bonds. The summed E-state index contributed by atoms with van der Waals surface area (Å²) in [7, 11) is 0. The van der Waals surface area contributed by atoms with Crippen molar-refractivity contribution in [3.05, 3.63) is 56.8 Å². The van der Waals surface area contributed by atoms with Crippen molar-refractivity contribution < 1.29 is 14.3 Å². The fourth-order valence-corrected chi connectivity index (χ4v) is 4.29. The number of anilines is 2. The molecule has 0 saturated heterocycles. The molecule has 0 spiro atoms. The van der Waals surface area contributed by atoms with Gasteiger partial charge in [-0.15, -0.1) is 11.3 Å². The van der Waals surface area contributed by atoms with Crippen LogP contribution in [0.3, 0.4) is 0 Å². The van der Waals surface area contributed by atoms with Crippen molar-refractivity contribution in [2.45, 2.75) is 26.4 Å². The molecule has 0 fully saturated rings. The molecule has 0 aliphatic carbocycles. The van der Waals surface area contributed by atoms with E-state index >= 15 is 0 Å². The predicted octanol–water partition coefficient (Wildman–Crippen LogP) is 5.57. The molecular weight excluding hydrogens is 457 g/mol. The topological polar surface area (TPSA) is 71.5 Å². The van der Waals surface area contributed by atoms with Crippen molar-refractivity contribution in [1.29, 1.82) is 0 Å². The van der Waals surface area contributed by atoms with E-state index in [2.05, 4.69) is 10.3 Å². The van der Waals surface area contributed by atoms with Gasteiger partial charge in [-0.25, -0.2) is 4.98 Å². The number of nitrogens with one attached hydrogen (secondary N) is 1. The Bertz CT molecular complexity index is 1160. The summed E-state index contributed by atoms with van der Waals surface area (Å²) in [6, 6.07) is 10.3. The van der Waals surface area contributed by atoms with Crippen LogP contribution in [-0.2, 0) is 9.59 Å². The minimum atomic E-state index is -0.651. The van der Waals surface area contributed by atoms with Crippen molar-refractivity contribution in [2.24, 2.45) is 0 Å². The summed E-state index contributed by atoms with van der Waals surface area (Å²) in [5, 5.41) is 6.44. The van der Waals surface area contributed by atoms with Gasteiger partial charge in [0.15, 0.2) is 6.10 Å². The maximum atomic E-state index is 13.0. The first-order chi connectivity index (χ1) is 14.9. The number of hydrogen-bond acceptors (Lipinski definition) is 5. The lowest BCUT2D eigenvalue weighted by molar-refractivity contribution is -0.128. The summed E-state index contributed by atoms with van der Waals surface area (Å²) in [6.07, 6.45) is -0.161. The van der Waals surface area contributed by atoms with Crippen molar-refractivity contribution in [2.75, 3.05) is 16.8 Å². The second kappa shape index (κ2) is 8.86. The van der Waals surface area contributed by atoms with Crippen LogP contribution >= 0.6 is 34.5 Å². The number of fused-ring (bicyclic) bond motifs is 1. The highest BCUT2D eigenvalue weighted by Crippen LogP contribution is 2.38. The van der Waals surface area contributed by atoms with Gasteiger partial charge in [-0.2, -0.15) is 0 Å². The molecule has 0 radical (unpaired) electrons. The van der Waals surface area contributed by atoms with E-state index in [1.165, 1.54) is 4.90 Å². The van der Waals surface area contributed by atoms with Gasteiger partial charge in [0, 0.05) is 16.0 Å². The van der Waals surface area contributed by atoms with Crippen LogP contribution in [0.25, 0.3) is 11.3 Å². The smallest absolute Gasteiger partial charge is 0.268 e. The molecule has 0 saturated carbocycles. The number of carbonyl (C=O) groups is 2. The summed E-state index contributed by atoms with van der Waals surface area (Å²) in [6.45, 7) is 3.61. The number of benzene rings is 2. The standard InChI is InChI=1S/C22H19Cl2N3O3S/c1-3-19-22(29)27(10-21(28)26-16-9-14(23)5-6-15(16)24)18-8-13(4-7-20(18)30-19)17-11-31-12(2)25-17/h4-9,11,19H,3,10H2,1-2H3,(H,26,28). The van der Waals surface area contributed by atoms with Crippen LogP contribution in [0.15, 0.2) is 41.8 Å². The Morgan fingerprint density at radius 2 is 2.06 bits per heavy atom. The molecule has 3 aromatic rings. The monoisotopic (exact) mass is 475 g/mol. The number of aryl methyl sites for hydroxylation is 1. The van der Waals surface area contributed by atoms with Gasteiger partial charge in [0.05, 0.1) is 27.1 Å². The molecule has 1 N–H and O–H groups in total. The summed E-state index contributed by atoms with van der Waals surface area (Å²) in [5.41, 5.74) is 2.58. The molecule has 4 rings (SSSR count). The van der Waals surface area contributed by atoms with E-state index in [0.717, 1.165) is 16.3 Å². The highest BCUT2D eigenvalue weighted by atomic mass is 35.5. The van der Waals surface area contributed by atoms with Crippen molar-refractivity contribution in [3.8, 4) is 17.0 Å². The van der Waals surface area contributed by atoms with E-state index in [9.17, 15) is 9.59 Å². The average molecular weight is 476 g/mol. The average Bonchev–Trinajstić information content (AvgIpc) is 3.18. The number of aromatic nitrogens is 1. The van der Waals surface area contributed by atoms with E-state index < -0.39 is 12.0 Å². The van der Waals surface area contributed by atoms with E-state index in [1.807, 2.05) is 37.4 Å². The van der Waals surface area contributed by atoms with Crippen LogP contribution in [0.1, 0.15) is 18.4 Å². The van der Waals surface area contributed by atoms with Crippen LogP contribution < -0.4 is 15.0 Å². The van der Waals surface area contributed by atoms with Gasteiger partial charge < -0.3 is 10.1 Å². The zero-order valence-electron chi connectivity index (χ0n) is 16.8. The normalized spacial score (nSPS) is 15.4. The zero-order valence-corrected chi connectivity index (χ0v) is 19.1. The van der Waals surface area contributed by atoms with Gasteiger partial charge in [-0.1, -0.05) is 30.1 Å². The first-order valence-electron chi connectivity index (χ1n) is 9.65. The molecule has 1 aliphatic rings. The number of hydrogen-bond donors (Lipinski definition) is 1. The molecule has 31 heavy (non-hydrogen) atoms. The number of nitrogens with zero attached hydrogens (tertiary/aromatic N) is 2. The lowest BCUT2D eigenvalue weighted by Gasteiger charge is -2.34. The molecule has 0 bridgehead atoms. The molecule has 2 aromatic carbocycles. The van der Waals surface area contributed by atoms with Gasteiger partial charge >= 0.3 is 0 Å². The second-order valence-corrected chi connectivity index (χ2v) is 8.95. The van der Waals surface area contributed by atoms with Crippen molar-refractivity contribution in [3.63, 3.8) is 0 Å². The van der Waals surface area contributed by atoms with Crippen LogP contribution in [0, 0.1) is 6.92 Å². The van der Waals surface area contributed by atoms with E-state index in [4.69, 9.17) is 27.9 Å². The Balaban J connectivity index is 1.65. The highest BCUT2D eigenvalue weighted by Gasteiger charge is 2.34. The molecule has 160 valence electrons. The van der Waals surface area contributed by atoms with Crippen LogP contribution in [0.2, 0.25) is 10.0 Å². The number of halogens is 2. The molecular formula is C22H19Cl2N3O3S. The third-order valence-corrected chi connectivity index (χ3v) is 6.19. The lowest BCUT2D eigenvalue weighted by atomic mass is 10.1. The molecule has 1 atom stereocenters. The number of rotatable bonds is 5. The highest BCUT2D eigenvalue weighted by molar-refractivity contribution is 7.09. The fraction of sp³-hybridized carbons (Fsp3) is 0.227. The minimum absolute atomic E-state index is 0.186. The minimum Gasteiger partial charge on any atom is -0.478 e. The van der Waals surface area contributed by atoms with E-state index in [0.29, 0.717) is 33.6 Å². The van der Waals surface area contributed by atoms with Gasteiger partial charge in [-0.3, -0.25) is 14.5 Å². The van der Waals surface area contributed by atoms with E-state index in [1.54, 1.807) is 29.5 Å².